The van der Waals surface area contributed by atoms with Gasteiger partial charge in [-0.3, -0.25) is 4.90 Å². The van der Waals surface area contributed by atoms with Gasteiger partial charge in [-0.25, -0.2) is 0 Å². The summed E-state index contributed by atoms with van der Waals surface area (Å²) in [5.74, 6) is 1.53. The van der Waals surface area contributed by atoms with Crippen LogP contribution in [0.15, 0.2) is 42.5 Å². The molecule has 0 bridgehead atoms. The third kappa shape index (κ3) is 5.47. The predicted octanol–water partition coefficient (Wildman–Crippen LogP) is 3.61. The summed E-state index contributed by atoms with van der Waals surface area (Å²) in [5.41, 5.74) is 2.03. The molecule has 0 spiro atoms. The fourth-order valence-electron chi connectivity index (χ4n) is 3.72. The number of hydrogen-bond acceptors (Lipinski definition) is 5. The van der Waals surface area contributed by atoms with Crippen molar-refractivity contribution in [2.45, 2.75) is 6.42 Å². The number of piperazine rings is 1. The number of halogens is 1. The van der Waals surface area contributed by atoms with E-state index in [0.29, 0.717) is 18.3 Å². The molecule has 8 heteroatoms. The third-order valence-corrected chi connectivity index (χ3v) is 5.87. The molecule has 2 aliphatic rings. The van der Waals surface area contributed by atoms with E-state index < -0.39 is 0 Å². The lowest BCUT2D eigenvalue weighted by molar-refractivity contribution is 0.171. The molecule has 2 heterocycles. The maximum Gasteiger partial charge on any atom is 0.170 e. The van der Waals surface area contributed by atoms with Gasteiger partial charge in [0.25, 0.3) is 0 Å². The highest BCUT2D eigenvalue weighted by atomic mass is 35.5. The van der Waals surface area contributed by atoms with Crippen molar-refractivity contribution in [1.29, 1.82) is 0 Å². The van der Waals surface area contributed by atoms with Crippen LogP contribution in [0.1, 0.15) is 6.42 Å². The van der Waals surface area contributed by atoms with Crippen LogP contribution in [0.5, 0.6) is 11.5 Å². The van der Waals surface area contributed by atoms with Gasteiger partial charge in [0, 0.05) is 44.5 Å². The molecule has 1 saturated heterocycles. The number of fused-ring (bicyclic) bond motifs is 1. The van der Waals surface area contributed by atoms with Gasteiger partial charge in [0.1, 0.15) is 13.2 Å². The van der Waals surface area contributed by atoms with E-state index in [2.05, 4.69) is 26.5 Å². The van der Waals surface area contributed by atoms with Gasteiger partial charge < -0.3 is 25.0 Å². The van der Waals surface area contributed by atoms with Gasteiger partial charge in [-0.15, -0.1) is 0 Å². The average molecular weight is 447 g/mol. The fraction of sp³-hybridized carbons (Fsp3) is 0.409. The molecule has 2 aromatic carbocycles. The van der Waals surface area contributed by atoms with Crippen LogP contribution >= 0.6 is 23.8 Å². The van der Waals surface area contributed by atoms with Gasteiger partial charge in [0.15, 0.2) is 16.6 Å². The molecule has 2 N–H and O–H groups in total. The van der Waals surface area contributed by atoms with Crippen molar-refractivity contribution in [3.8, 4) is 11.5 Å². The zero-order valence-corrected chi connectivity index (χ0v) is 18.5. The maximum absolute atomic E-state index is 6.32. The highest BCUT2D eigenvalue weighted by molar-refractivity contribution is 7.80. The number of nitrogens with one attached hydrogen (secondary N) is 2. The quantitative estimate of drug-likeness (QED) is 0.519. The van der Waals surface area contributed by atoms with Gasteiger partial charge in [0.05, 0.1) is 10.7 Å². The van der Waals surface area contributed by atoms with Crippen molar-refractivity contribution in [1.82, 2.24) is 10.2 Å². The van der Waals surface area contributed by atoms with Crippen molar-refractivity contribution < 1.29 is 9.47 Å². The second-order valence-electron chi connectivity index (χ2n) is 7.37. The molecule has 0 unspecified atom stereocenters. The van der Waals surface area contributed by atoms with E-state index >= 15 is 0 Å². The Bertz CT molecular complexity index is 874. The molecule has 160 valence electrons. The molecule has 2 aliphatic heterocycles. The number of thiocarbonyl (C=S) groups is 1. The van der Waals surface area contributed by atoms with E-state index in [1.54, 1.807) is 0 Å². The Labute approximate surface area is 188 Å². The van der Waals surface area contributed by atoms with E-state index in [4.69, 9.17) is 33.3 Å². The summed E-state index contributed by atoms with van der Waals surface area (Å²) >= 11 is 11.7. The smallest absolute Gasteiger partial charge is 0.170 e. The number of rotatable bonds is 6. The van der Waals surface area contributed by atoms with Crippen LogP contribution in [-0.2, 0) is 0 Å². The molecule has 0 radical (unpaired) electrons. The van der Waals surface area contributed by atoms with Crippen molar-refractivity contribution in [3.63, 3.8) is 0 Å². The zero-order chi connectivity index (χ0) is 20.8. The minimum atomic E-state index is 0.575. The van der Waals surface area contributed by atoms with Crippen LogP contribution in [0.2, 0.25) is 5.02 Å². The van der Waals surface area contributed by atoms with Gasteiger partial charge in [-0.1, -0.05) is 23.7 Å². The highest BCUT2D eigenvalue weighted by Gasteiger charge is 2.18. The number of benzene rings is 2. The van der Waals surface area contributed by atoms with Crippen LogP contribution in [0.25, 0.3) is 0 Å². The number of anilines is 2. The lowest BCUT2D eigenvalue weighted by Gasteiger charge is -2.36. The Morgan fingerprint density at radius 1 is 1.00 bits per heavy atom. The molecule has 0 saturated carbocycles. The van der Waals surface area contributed by atoms with Gasteiger partial charge in [0.2, 0.25) is 0 Å². The average Bonchev–Trinajstić information content (AvgIpc) is 2.77. The Kier molecular flexibility index (Phi) is 7.15. The van der Waals surface area contributed by atoms with E-state index in [-0.39, 0.29) is 0 Å². The van der Waals surface area contributed by atoms with Crippen molar-refractivity contribution in [2.24, 2.45) is 0 Å². The van der Waals surface area contributed by atoms with Crippen LogP contribution < -0.4 is 25.0 Å². The van der Waals surface area contributed by atoms with Crippen LogP contribution in [-0.4, -0.2) is 62.5 Å². The van der Waals surface area contributed by atoms with Crippen LogP contribution in [0.3, 0.4) is 0 Å². The summed E-state index contributed by atoms with van der Waals surface area (Å²) < 4.78 is 11.2. The molecule has 2 aromatic rings. The zero-order valence-electron chi connectivity index (χ0n) is 16.9. The minimum absolute atomic E-state index is 0.575. The fourth-order valence-corrected chi connectivity index (χ4v) is 4.20. The summed E-state index contributed by atoms with van der Waals surface area (Å²) in [5, 5.41) is 7.95. The highest BCUT2D eigenvalue weighted by Crippen LogP contribution is 2.32. The maximum atomic E-state index is 6.32. The summed E-state index contributed by atoms with van der Waals surface area (Å²) in [6, 6.07) is 13.8. The molecule has 6 nitrogen and oxygen atoms in total. The van der Waals surface area contributed by atoms with Crippen LogP contribution in [0.4, 0.5) is 11.4 Å². The lowest BCUT2D eigenvalue weighted by Crippen LogP contribution is -2.47. The first-order valence-corrected chi connectivity index (χ1v) is 11.1. The standard InChI is InChI=1S/C22H27ClN4O2S/c23-18-4-1-2-5-19(18)27-12-10-26(11-13-27)9-3-8-24-22(30)25-17-6-7-20-21(16-17)29-15-14-28-20/h1-2,4-7,16H,3,8-15H2,(H2,24,25,30). The van der Waals surface area contributed by atoms with Crippen LogP contribution in [0, 0.1) is 0 Å². The minimum Gasteiger partial charge on any atom is -0.486 e. The molecular formula is C22H27ClN4O2S. The monoisotopic (exact) mass is 446 g/mol. The number of nitrogens with zero attached hydrogens (tertiary/aromatic N) is 2. The molecule has 0 aliphatic carbocycles. The first-order valence-electron chi connectivity index (χ1n) is 10.4. The van der Waals surface area contributed by atoms with E-state index in [0.717, 1.165) is 73.6 Å². The number of para-hydroxylation sites is 1. The third-order valence-electron chi connectivity index (χ3n) is 5.30. The SMILES string of the molecule is S=C(NCCCN1CCN(c2ccccc2Cl)CC1)Nc1ccc2c(c1)OCCO2. The van der Waals surface area contributed by atoms with E-state index in [1.165, 1.54) is 0 Å². The van der Waals surface area contributed by atoms with E-state index in [1.807, 2.05) is 36.4 Å². The Hall–Kier alpha value is -2.22. The predicted molar refractivity (Wildman–Crippen MR) is 126 cm³/mol. The first-order chi connectivity index (χ1) is 14.7. The normalized spacial score (nSPS) is 16.2. The summed E-state index contributed by atoms with van der Waals surface area (Å²) in [4.78, 5) is 4.86. The summed E-state index contributed by atoms with van der Waals surface area (Å²) in [6.07, 6.45) is 1.04. The lowest BCUT2D eigenvalue weighted by atomic mass is 10.2. The molecule has 4 rings (SSSR count). The molecule has 30 heavy (non-hydrogen) atoms. The Morgan fingerprint density at radius 3 is 2.57 bits per heavy atom. The molecule has 0 aromatic heterocycles. The summed E-state index contributed by atoms with van der Waals surface area (Å²) in [7, 11) is 0. The topological polar surface area (TPSA) is 49.0 Å². The first kappa shape index (κ1) is 21.0. The second kappa shape index (κ2) is 10.2. The van der Waals surface area contributed by atoms with Gasteiger partial charge in [-0.2, -0.15) is 0 Å². The van der Waals surface area contributed by atoms with Crippen molar-refractivity contribution >= 4 is 40.3 Å². The molecule has 1 fully saturated rings. The van der Waals surface area contributed by atoms with Gasteiger partial charge in [-0.05, 0) is 49.4 Å². The molecular weight excluding hydrogens is 420 g/mol. The number of ether oxygens (including phenoxy) is 2. The summed E-state index contributed by atoms with van der Waals surface area (Å²) in [6.45, 7) is 7.15. The Morgan fingerprint density at radius 2 is 1.77 bits per heavy atom. The van der Waals surface area contributed by atoms with Crippen molar-refractivity contribution in [3.05, 3.63) is 47.5 Å². The van der Waals surface area contributed by atoms with E-state index in [9.17, 15) is 0 Å². The second-order valence-corrected chi connectivity index (χ2v) is 8.19. The molecule has 0 amide bonds. The molecule has 0 atom stereocenters. The van der Waals surface area contributed by atoms with Gasteiger partial charge >= 0.3 is 0 Å². The number of hydrogen-bond donors (Lipinski definition) is 2. The van der Waals surface area contributed by atoms with Crippen molar-refractivity contribution in [2.75, 3.05) is 62.7 Å². The largest absolute Gasteiger partial charge is 0.486 e. The Balaban J connectivity index is 1.14.